The minimum atomic E-state index is -4.77. The first-order valence-corrected chi connectivity index (χ1v) is 5.93. The number of hydrogen-bond donors (Lipinski definition) is 0. The Bertz CT molecular complexity index is 678. The van der Waals surface area contributed by atoms with Gasteiger partial charge in [-0.1, -0.05) is 18.2 Å². The van der Waals surface area contributed by atoms with Crippen molar-refractivity contribution in [2.75, 3.05) is 7.11 Å². The van der Waals surface area contributed by atoms with Crippen molar-refractivity contribution in [1.29, 1.82) is 0 Å². The number of halogens is 6. The van der Waals surface area contributed by atoms with Crippen LogP contribution in [0.5, 0.6) is 5.75 Å². The molecule has 2 aromatic rings. The molecule has 8 heteroatoms. The van der Waals surface area contributed by atoms with Gasteiger partial charge >= 0.3 is 12.4 Å². The molecule has 1 heterocycles. The zero-order valence-electron chi connectivity index (χ0n) is 11.1. The molecular weight excluding hydrogens is 312 g/mol. The van der Waals surface area contributed by atoms with E-state index < -0.39 is 40.5 Å². The summed E-state index contributed by atoms with van der Waals surface area (Å²) < 4.78 is 82.5. The van der Waals surface area contributed by atoms with Crippen molar-refractivity contribution < 1.29 is 31.1 Å². The van der Waals surface area contributed by atoms with Crippen molar-refractivity contribution in [3.63, 3.8) is 0 Å². The van der Waals surface area contributed by atoms with E-state index in [-0.39, 0.29) is 0 Å². The molecule has 0 saturated heterocycles. The van der Waals surface area contributed by atoms with Crippen LogP contribution in [0.25, 0.3) is 11.3 Å². The van der Waals surface area contributed by atoms with Crippen LogP contribution in [0.15, 0.2) is 36.5 Å². The highest BCUT2D eigenvalue weighted by atomic mass is 19.4. The van der Waals surface area contributed by atoms with E-state index in [0.29, 0.717) is 6.07 Å². The maximum absolute atomic E-state index is 13.0. The van der Waals surface area contributed by atoms with Crippen molar-refractivity contribution in [3.8, 4) is 17.0 Å². The van der Waals surface area contributed by atoms with Gasteiger partial charge in [0.15, 0.2) is 5.75 Å². The maximum Gasteiger partial charge on any atom is 0.420 e. The van der Waals surface area contributed by atoms with Crippen LogP contribution >= 0.6 is 0 Å². The number of ether oxygens (including phenoxy) is 1. The highest BCUT2D eigenvalue weighted by Crippen LogP contribution is 2.44. The molecule has 1 aromatic carbocycles. The molecule has 0 bridgehead atoms. The zero-order chi connectivity index (χ0) is 16.5. The number of aromatic nitrogens is 1. The zero-order valence-corrected chi connectivity index (χ0v) is 11.1. The molecule has 22 heavy (non-hydrogen) atoms. The number of nitrogens with zero attached hydrogens (tertiary/aromatic N) is 1. The van der Waals surface area contributed by atoms with Crippen LogP contribution in [0.3, 0.4) is 0 Å². The summed E-state index contributed by atoms with van der Waals surface area (Å²) in [5, 5.41) is 0. The maximum atomic E-state index is 13.0. The predicted octanol–water partition coefficient (Wildman–Crippen LogP) is 4.79. The van der Waals surface area contributed by atoms with Gasteiger partial charge in [-0.15, -0.1) is 0 Å². The largest absolute Gasteiger partial charge is 0.494 e. The molecule has 0 saturated carbocycles. The third kappa shape index (κ3) is 3.00. The van der Waals surface area contributed by atoms with E-state index >= 15 is 0 Å². The molecule has 0 aliphatic heterocycles. The van der Waals surface area contributed by atoms with E-state index in [2.05, 4.69) is 9.72 Å². The van der Waals surface area contributed by atoms with Crippen LogP contribution < -0.4 is 4.74 Å². The second-order valence-corrected chi connectivity index (χ2v) is 4.28. The third-order valence-electron chi connectivity index (χ3n) is 2.90. The molecule has 1 aromatic heterocycles. The highest BCUT2D eigenvalue weighted by Gasteiger charge is 2.38. The fourth-order valence-corrected chi connectivity index (χ4v) is 2.01. The van der Waals surface area contributed by atoms with Gasteiger partial charge in [-0.3, -0.25) is 4.98 Å². The molecule has 0 amide bonds. The Kier molecular flexibility index (Phi) is 4.04. The van der Waals surface area contributed by atoms with Gasteiger partial charge in [-0.25, -0.2) is 0 Å². The lowest BCUT2D eigenvalue weighted by Gasteiger charge is -2.17. The first-order chi connectivity index (χ1) is 10.2. The Balaban J connectivity index is 2.75. The number of benzene rings is 1. The van der Waals surface area contributed by atoms with Gasteiger partial charge in [0, 0.05) is 11.8 Å². The minimum absolute atomic E-state index is 0.474. The summed E-state index contributed by atoms with van der Waals surface area (Å²) in [6, 6.07) is 4.90. The van der Waals surface area contributed by atoms with Gasteiger partial charge in [0.2, 0.25) is 0 Å². The SMILES string of the molecule is COc1c(C(F)(F)F)ccnc1-c1ccccc1C(F)(F)F. The number of alkyl halides is 6. The van der Waals surface area contributed by atoms with Crippen LogP contribution in [0, 0.1) is 0 Å². The topological polar surface area (TPSA) is 22.1 Å². The monoisotopic (exact) mass is 321 g/mol. The van der Waals surface area contributed by atoms with E-state index in [9.17, 15) is 26.3 Å². The molecule has 0 aliphatic carbocycles. The average Bonchev–Trinajstić information content (AvgIpc) is 2.44. The molecule has 0 radical (unpaired) electrons. The number of rotatable bonds is 2. The standard InChI is InChI=1S/C14H9F6NO/c1-22-12-10(14(18,19)20)6-7-21-11(12)8-4-2-3-5-9(8)13(15,16)17/h2-7H,1H3. The Morgan fingerprint density at radius 3 is 2.00 bits per heavy atom. The van der Waals surface area contributed by atoms with Crippen LogP contribution in [0.4, 0.5) is 26.3 Å². The van der Waals surface area contributed by atoms with E-state index in [4.69, 9.17) is 0 Å². The van der Waals surface area contributed by atoms with Gasteiger partial charge in [0.1, 0.15) is 11.3 Å². The van der Waals surface area contributed by atoms with Crippen molar-refractivity contribution in [2.24, 2.45) is 0 Å². The molecule has 0 atom stereocenters. The van der Waals surface area contributed by atoms with Gasteiger partial charge in [-0.05, 0) is 12.1 Å². The fourth-order valence-electron chi connectivity index (χ4n) is 2.01. The minimum Gasteiger partial charge on any atom is -0.494 e. The van der Waals surface area contributed by atoms with Crippen molar-refractivity contribution in [2.45, 2.75) is 12.4 Å². The number of pyridine rings is 1. The fraction of sp³-hybridized carbons (Fsp3) is 0.214. The smallest absolute Gasteiger partial charge is 0.420 e. The Hall–Kier alpha value is -2.25. The molecule has 118 valence electrons. The first-order valence-electron chi connectivity index (χ1n) is 5.93. The molecule has 0 aliphatic rings. The Morgan fingerprint density at radius 1 is 0.864 bits per heavy atom. The third-order valence-corrected chi connectivity index (χ3v) is 2.90. The molecule has 2 rings (SSSR count). The Morgan fingerprint density at radius 2 is 1.45 bits per heavy atom. The normalized spacial score (nSPS) is 12.3. The predicted molar refractivity (Wildman–Crippen MR) is 66.2 cm³/mol. The van der Waals surface area contributed by atoms with Crippen molar-refractivity contribution in [3.05, 3.63) is 47.7 Å². The summed E-state index contributed by atoms with van der Waals surface area (Å²) in [4.78, 5) is 3.64. The quantitative estimate of drug-likeness (QED) is 0.742. The summed E-state index contributed by atoms with van der Waals surface area (Å²) in [5.41, 5.74) is -3.25. The second-order valence-electron chi connectivity index (χ2n) is 4.28. The van der Waals surface area contributed by atoms with E-state index in [1.165, 1.54) is 6.07 Å². The second kappa shape index (κ2) is 5.51. The van der Waals surface area contributed by atoms with Crippen LogP contribution in [-0.4, -0.2) is 12.1 Å². The van der Waals surface area contributed by atoms with E-state index in [1.54, 1.807) is 0 Å². The summed E-state index contributed by atoms with van der Waals surface area (Å²) in [7, 11) is 0.950. The molecule has 0 unspecified atom stereocenters. The molecular formula is C14H9F6NO. The van der Waals surface area contributed by atoms with Crippen LogP contribution in [0.2, 0.25) is 0 Å². The van der Waals surface area contributed by atoms with Gasteiger partial charge in [-0.2, -0.15) is 26.3 Å². The first kappa shape index (κ1) is 16.1. The number of methoxy groups -OCH3 is 1. The highest BCUT2D eigenvalue weighted by molar-refractivity contribution is 5.72. The molecule has 0 spiro atoms. The lowest BCUT2D eigenvalue weighted by molar-refractivity contribution is -0.138. The molecule has 2 nitrogen and oxygen atoms in total. The van der Waals surface area contributed by atoms with Crippen LogP contribution in [0.1, 0.15) is 11.1 Å². The number of hydrogen-bond acceptors (Lipinski definition) is 2. The van der Waals surface area contributed by atoms with Gasteiger partial charge < -0.3 is 4.74 Å². The lowest BCUT2D eigenvalue weighted by Crippen LogP contribution is -2.11. The summed E-state index contributed by atoms with van der Waals surface area (Å²) >= 11 is 0. The van der Waals surface area contributed by atoms with E-state index in [1.807, 2.05) is 0 Å². The van der Waals surface area contributed by atoms with Crippen molar-refractivity contribution >= 4 is 0 Å². The van der Waals surface area contributed by atoms with Gasteiger partial charge in [0.05, 0.1) is 12.7 Å². The van der Waals surface area contributed by atoms with Crippen molar-refractivity contribution in [1.82, 2.24) is 4.98 Å². The molecule has 0 fully saturated rings. The summed E-state index contributed by atoms with van der Waals surface area (Å²) in [5.74, 6) is -0.744. The summed E-state index contributed by atoms with van der Waals surface area (Å²) in [6.07, 6.45) is -8.69. The summed E-state index contributed by atoms with van der Waals surface area (Å²) in [6.45, 7) is 0. The average molecular weight is 321 g/mol. The van der Waals surface area contributed by atoms with E-state index in [0.717, 1.165) is 31.5 Å². The lowest BCUT2D eigenvalue weighted by atomic mass is 10.0. The Labute approximate surface area is 121 Å². The van der Waals surface area contributed by atoms with Gasteiger partial charge in [0.25, 0.3) is 0 Å². The van der Waals surface area contributed by atoms with Crippen LogP contribution in [-0.2, 0) is 12.4 Å². The molecule has 0 N–H and O–H groups in total.